The van der Waals surface area contributed by atoms with E-state index in [4.69, 9.17) is 4.74 Å². The summed E-state index contributed by atoms with van der Waals surface area (Å²) in [5.74, 6) is -1.42. The molecule has 1 aliphatic heterocycles. The van der Waals surface area contributed by atoms with Gasteiger partial charge in [0.05, 0.1) is 23.6 Å². The molecule has 0 amide bonds. The van der Waals surface area contributed by atoms with Crippen molar-refractivity contribution >= 4 is 28.8 Å². The summed E-state index contributed by atoms with van der Waals surface area (Å²) in [6, 6.07) is 6.65. The van der Waals surface area contributed by atoms with Crippen LogP contribution in [0.15, 0.2) is 36.4 Å². The second kappa shape index (κ2) is 13.6. The number of benzene rings is 2. The van der Waals surface area contributed by atoms with Gasteiger partial charge in [-0.3, -0.25) is 14.9 Å². The van der Waals surface area contributed by atoms with Crippen molar-refractivity contribution in [3.05, 3.63) is 63.7 Å². The Balaban J connectivity index is 0.000000608. The largest absolute Gasteiger partial charge is 0.464 e. The van der Waals surface area contributed by atoms with Crippen molar-refractivity contribution in [3.8, 4) is 0 Å². The second-order valence-electron chi connectivity index (χ2n) is 6.85. The summed E-state index contributed by atoms with van der Waals surface area (Å²) in [6.07, 6.45) is 0.335. The Kier molecular flexibility index (Phi) is 12.4. The van der Waals surface area contributed by atoms with Crippen molar-refractivity contribution in [1.29, 1.82) is 0 Å². The van der Waals surface area contributed by atoms with E-state index < -0.39 is 28.4 Å². The molecular formula is C22H27F2N3O5Pd. The van der Waals surface area contributed by atoms with Crippen LogP contribution in [-0.2, 0) is 41.2 Å². The fraction of sp³-hybridized carbons (Fsp3) is 0.364. The van der Waals surface area contributed by atoms with Gasteiger partial charge in [-0.25, -0.2) is 13.6 Å². The van der Waals surface area contributed by atoms with Crippen molar-refractivity contribution in [3.63, 3.8) is 0 Å². The normalized spacial score (nSPS) is 14.6. The molecule has 184 valence electrons. The minimum absolute atomic E-state index is 0. The first-order valence-electron chi connectivity index (χ1n) is 9.57. The minimum Gasteiger partial charge on any atom is -0.464 e. The van der Waals surface area contributed by atoms with Gasteiger partial charge in [0.1, 0.15) is 23.4 Å². The summed E-state index contributed by atoms with van der Waals surface area (Å²) in [4.78, 5) is 32.7. The number of nitro groups is 1. The molecule has 2 aromatic rings. The predicted octanol–water partition coefficient (Wildman–Crippen LogP) is 4.48. The maximum atomic E-state index is 12.9. The molecule has 0 aliphatic carbocycles. The van der Waals surface area contributed by atoms with Crippen LogP contribution in [0, 0.1) is 21.7 Å². The maximum absolute atomic E-state index is 12.9. The summed E-state index contributed by atoms with van der Waals surface area (Å²) < 4.78 is 30.4. The van der Waals surface area contributed by atoms with E-state index >= 15 is 0 Å². The summed E-state index contributed by atoms with van der Waals surface area (Å²) in [7, 11) is 0. The van der Waals surface area contributed by atoms with Crippen LogP contribution in [0.1, 0.15) is 33.8 Å². The molecule has 2 aromatic carbocycles. The molecule has 0 fully saturated rings. The Hall–Kier alpha value is -2.90. The first kappa shape index (κ1) is 30.1. The standard InChI is InChI=1S/C11H13FN2O4.C10H10FNO.CH4.Pd/c1-3-18-11(15)7(2)13-9-5-4-8(12)6-10(9)14(16)17;1-6-10(13)5-7-4-8(11)2-3-9(7)12-6;;/h4-7,13H,3H2,1-2H3;2-4,6,12H,5H2,1H3;1H4;. The van der Waals surface area contributed by atoms with E-state index in [2.05, 4.69) is 10.6 Å². The minimum atomic E-state index is -0.755. The second-order valence-corrected chi connectivity index (χ2v) is 6.85. The van der Waals surface area contributed by atoms with E-state index in [0.717, 1.165) is 23.4 Å². The fourth-order valence-electron chi connectivity index (χ4n) is 2.84. The zero-order valence-electron chi connectivity index (χ0n) is 17.6. The summed E-state index contributed by atoms with van der Waals surface area (Å²) >= 11 is 0. The van der Waals surface area contributed by atoms with E-state index in [0.29, 0.717) is 6.42 Å². The molecule has 1 aliphatic rings. The van der Waals surface area contributed by atoms with Gasteiger partial charge >= 0.3 is 5.97 Å². The molecule has 2 N–H and O–H groups in total. The SMILES string of the molecule is C.CC1Nc2ccc(F)cc2CC1=O.CCOC(=O)C(C)Nc1ccc(F)cc1[N+](=O)[O-].[Pd]. The number of ether oxygens (including phenoxy) is 1. The molecule has 0 saturated heterocycles. The number of fused-ring (bicyclic) bond motifs is 1. The van der Waals surface area contributed by atoms with Crippen LogP contribution in [-0.4, -0.2) is 35.4 Å². The molecule has 0 aromatic heterocycles. The number of nitrogens with zero attached hydrogens (tertiary/aromatic N) is 1. The van der Waals surface area contributed by atoms with E-state index in [1.54, 1.807) is 13.0 Å². The van der Waals surface area contributed by atoms with Crippen molar-refractivity contribution in [2.24, 2.45) is 0 Å². The quantitative estimate of drug-likeness (QED) is 0.241. The van der Waals surface area contributed by atoms with Gasteiger partial charge in [0.2, 0.25) is 0 Å². The molecule has 2 unspecified atom stereocenters. The number of hydrogen-bond acceptors (Lipinski definition) is 7. The Morgan fingerprint density at radius 1 is 1.27 bits per heavy atom. The van der Waals surface area contributed by atoms with Crippen LogP contribution in [0.5, 0.6) is 0 Å². The van der Waals surface area contributed by atoms with E-state index in [-0.39, 0.29) is 57.8 Å². The first-order chi connectivity index (χ1) is 14.6. The molecule has 8 nitrogen and oxygen atoms in total. The summed E-state index contributed by atoms with van der Waals surface area (Å²) in [5, 5.41) is 16.4. The number of halogens is 2. The third-order valence-electron chi connectivity index (χ3n) is 4.46. The zero-order valence-corrected chi connectivity index (χ0v) is 19.1. The van der Waals surface area contributed by atoms with Crippen LogP contribution in [0.25, 0.3) is 0 Å². The molecule has 0 bridgehead atoms. The zero-order chi connectivity index (χ0) is 23.1. The smallest absolute Gasteiger partial charge is 0.328 e. The van der Waals surface area contributed by atoms with Gasteiger partial charge in [-0.2, -0.15) is 0 Å². The third kappa shape index (κ3) is 8.52. The van der Waals surface area contributed by atoms with Crippen molar-refractivity contribution in [1.82, 2.24) is 0 Å². The van der Waals surface area contributed by atoms with Crippen molar-refractivity contribution in [2.75, 3.05) is 17.2 Å². The van der Waals surface area contributed by atoms with Crippen molar-refractivity contribution < 1.29 is 48.5 Å². The first-order valence-corrected chi connectivity index (χ1v) is 9.57. The number of ketones is 1. The van der Waals surface area contributed by atoms with Gasteiger partial charge in [0.15, 0.2) is 5.78 Å². The van der Waals surface area contributed by atoms with Crippen LogP contribution in [0.2, 0.25) is 0 Å². The van der Waals surface area contributed by atoms with Gasteiger partial charge in [-0.1, -0.05) is 7.43 Å². The number of nitro benzene ring substituents is 1. The summed E-state index contributed by atoms with van der Waals surface area (Å²) in [5.41, 5.74) is 1.27. The molecule has 0 spiro atoms. The number of esters is 1. The topological polar surface area (TPSA) is 111 Å². The average molecular weight is 558 g/mol. The van der Waals surface area contributed by atoms with E-state index in [1.165, 1.54) is 25.1 Å². The predicted molar refractivity (Wildman–Crippen MR) is 118 cm³/mol. The number of anilines is 2. The number of rotatable bonds is 5. The Bertz CT molecular complexity index is 990. The van der Waals surface area contributed by atoms with Gasteiger partial charge in [-0.15, -0.1) is 0 Å². The molecule has 1 heterocycles. The number of carbonyl (C=O) groups is 2. The maximum Gasteiger partial charge on any atom is 0.328 e. The average Bonchev–Trinajstić information content (AvgIpc) is 2.71. The Labute approximate surface area is 204 Å². The third-order valence-corrected chi connectivity index (χ3v) is 4.46. The van der Waals surface area contributed by atoms with Gasteiger partial charge < -0.3 is 15.4 Å². The molecule has 2 atom stereocenters. The molecule has 11 heteroatoms. The number of hydrogen-bond donors (Lipinski definition) is 2. The van der Waals surface area contributed by atoms with E-state index in [9.17, 15) is 28.5 Å². The van der Waals surface area contributed by atoms with Gasteiger partial charge in [-0.05, 0) is 56.7 Å². The summed E-state index contributed by atoms with van der Waals surface area (Å²) in [6.45, 7) is 5.20. The fourth-order valence-corrected chi connectivity index (χ4v) is 2.84. The monoisotopic (exact) mass is 557 g/mol. The Morgan fingerprint density at radius 3 is 2.48 bits per heavy atom. The molecule has 0 saturated carbocycles. The van der Waals surface area contributed by atoms with Crippen LogP contribution in [0.3, 0.4) is 0 Å². The van der Waals surface area contributed by atoms with E-state index in [1.807, 2.05) is 6.92 Å². The van der Waals surface area contributed by atoms with Crippen LogP contribution in [0.4, 0.5) is 25.8 Å². The number of nitrogens with one attached hydrogen (secondary N) is 2. The van der Waals surface area contributed by atoms with Gasteiger partial charge in [0, 0.05) is 32.5 Å². The molecule has 3 rings (SSSR count). The number of carbonyl (C=O) groups excluding carboxylic acids is 2. The van der Waals surface area contributed by atoms with Crippen LogP contribution < -0.4 is 10.6 Å². The Morgan fingerprint density at radius 2 is 1.88 bits per heavy atom. The molecule has 0 radical (unpaired) electrons. The molecular weight excluding hydrogens is 531 g/mol. The van der Waals surface area contributed by atoms with Crippen LogP contribution >= 0.6 is 0 Å². The van der Waals surface area contributed by atoms with Crippen molar-refractivity contribution in [2.45, 2.75) is 46.7 Å². The molecule has 33 heavy (non-hydrogen) atoms. The number of Topliss-reactive ketones (excluding diaryl/α,β-unsaturated/α-hetero) is 1. The van der Waals surface area contributed by atoms with Gasteiger partial charge in [0.25, 0.3) is 5.69 Å².